The first-order valence-electron chi connectivity index (χ1n) is 5.76. The molecule has 16 heavy (non-hydrogen) atoms. The first-order chi connectivity index (χ1) is 7.59. The Labute approximate surface area is 96.2 Å². The van der Waals surface area contributed by atoms with Crippen molar-refractivity contribution in [3.8, 4) is 0 Å². The Morgan fingerprint density at radius 1 is 1.19 bits per heavy atom. The largest absolute Gasteiger partial charge is 0.397 e. The number of nitrogen functional groups attached to an aromatic ring is 1. The molecule has 0 spiro atoms. The molecule has 1 amide bonds. The molecule has 3 nitrogen and oxygen atoms in total. The fraction of sp³-hybridized carbons (Fsp3) is 0.462. The number of carbonyl (C=O) groups is 1. The number of anilines is 2. The van der Waals surface area contributed by atoms with Gasteiger partial charge in [0.05, 0.1) is 11.4 Å². The highest BCUT2D eigenvalue weighted by atomic mass is 16.2. The van der Waals surface area contributed by atoms with Gasteiger partial charge in [-0.25, -0.2) is 0 Å². The van der Waals surface area contributed by atoms with Crippen molar-refractivity contribution in [2.75, 3.05) is 17.2 Å². The number of piperidine rings is 1. The van der Waals surface area contributed by atoms with Crippen molar-refractivity contribution in [3.05, 3.63) is 23.3 Å². The zero-order valence-corrected chi connectivity index (χ0v) is 9.92. The van der Waals surface area contributed by atoms with Crippen LogP contribution in [0.15, 0.2) is 12.1 Å². The van der Waals surface area contributed by atoms with E-state index in [4.69, 9.17) is 5.73 Å². The lowest BCUT2D eigenvalue weighted by Gasteiger charge is -2.28. The van der Waals surface area contributed by atoms with Crippen LogP contribution in [0, 0.1) is 13.8 Å². The van der Waals surface area contributed by atoms with E-state index in [1.165, 1.54) is 11.1 Å². The minimum Gasteiger partial charge on any atom is -0.397 e. The van der Waals surface area contributed by atoms with Crippen LogP contribution in [0.1, 0.15) is 30.4 Å². The number of rotatable bonds is 1. The summed E-state index contributed by atoms with van der Waals surface area (Å²) in [6.07, 6.45) is 2.71. The molecule has 0 aromatic heterocycles. The Kier molecular flexibility index (Phi) is 2.86. The maximum atomic E-state index is 11.8. The van der Waals surface area contributed by atoms with Crippen molar-refractivity contribution in [2.45, 2.75) is 33.1 Å². The van der Waals surface area contributed by atoms with Crippen LogP contribution in [-0.2, 0) is 4.79 Å². The third-order valence-electron chi connectivity index (χ3n) is 3.26. The lowest BCUT2D eigenvalue weighted by atomic mass is 10.0. The van der Waals surface area contributed by atoms with Crippen LogP contribution in [0.4, 0.5) is 11.4 Å². The molecule has 86 valence electrons. The second-order valence-corrected chi connectivity index (χ2v) is 4.50. The molecule has 0 radical (unpaired) electrons. The average molecular weight is 218 g/mol. The van der Waals surface area contributed by atoms with E-state index in [1.807, 2.05) is 30.9 Å². The molecule has 0 bridgehead atoms. The van der Waals surface area contributed by atoms with Gasteiger partial charge in [-0.2, -0.15) is 0 Å². The van der Waals surface area contributed by atoms with Gasteiger partial charge in [-0.1, -0.05) is 0 Å². The van der Waals surface area contributed by atoms with Crippen LogP contribution < -0.4 is 10.6 Å². The molecule has 0 atom stereocenters. The molecule has 1 aliphatic heterocycles. The van der Waals surface area contributed by atoms with Gasteiger partial charge in [0.2, 0.25) is 5.91 Å². The highest BCUT2D eigenvalue weighted by Crippen LogP contribution is 2.29. The van der Waals surface area contributed by atoms with Crippen molar-refractivity contribution in [1.82, 2.24) is 0 Å². The van der Waals surface area contributed by atoms with Crippen molar-refractivity contribution in [3.63, 3.8) is 0 Å². The smallest absolute Gasteiger partial charge is 0.227 e. The Morgan fingerprint density at radius 3 is 2.56 bits per heavy atom. The number of hydrogen-bond donors (Lipinski definition) is 1. The van der Waals surface area contributed by atoms with Crippen molar-refractivity contribution in [1.29, 1.82) is 0 Å². The van der Waals surface area contributed by atoms with Gasteiger partial charge in [-0.05, 0) is 49.9 Å². The van der Waals surface area contributed by atoms with Crippen LogP contribution in [0.5, 0.6) is 0 Å². The Bertz CT molecular complexity index is 426. The first-order valence-corrected chi connectivity index (χ1v) is 5.76. The predicted octanol–water partition coefficient (Wildman–Crippen LogP) is 2.40. The fourth-order valence-electron chi connectivity index (χ4n) is 2.12. The van der Waals surface area contributed by atoms with E-state index >= 15 is 0 Å². The molecule has 1 aromatic rings. The number of amides is 1. The van der Waals surface area contributed by atoms with E-state index in [1.54, 1.807) is 0 Å². The molecule has 2 N–H and O–H groups in total. The van der Waals surface area contributed by atoms with E-state index in [9.17, 15) is 4.79 Å². The number of aryl methyl sites for hydroxylation is 2. The molecule has 0 saturated carbocycles. The maximum Gasteiger partial charge on any atom is 0.227 e. The molecule has 1 heterocycles. The molecule has 1 fully saturated rings. The molecular weight excluding hydrogens is 200 g/mol. The van der Waals surface area contributed by atoms with Gasteiger partial charge < -0.3 is 10.6 Å². The number of carbonyl (C=O) groups excluding carboxylic acids is 1. The molecular formula is C13H18N2O. The quantitative estimate of drug-likeness (QED) is 0.736. The summed E-state index contributed by atoms with van der Waals surface area (Å²) >= 11 is 0. The zero-order chi connectivity index (χ0) is 11.7. The molecule has 1 saturated heterocycles. The van der Waals surface area contributed by atoms with Crippen LogP contribution in [0.2, 0.25) is 0 Å². The number of nitrogens with zero attached hydrogens (tertiary/aromatic N) is 1. The summed E-state index contributed by atoms with van der Waals surface area (Å²) in [6.45, 7) is 4.88. The van der Waals surface area contributed by atoms with Crippen molar-refractivity contribution < 1.29 is 4.79 Å². The Hall–Kier alpha value is -1.51. The topological polar surface area (TPSA) is 46.3 Å². The van der Waals surface area contributed by atoms with E-state index in [-0.39, 0.29) is 5.91 Å². The summed E-state index contributed by atoms with van der Waals surface area (Å²) in [5.74, 6) is 0.196. The van der Waals surface area contributed by atoms with Gasteiger partial charge in [0.15, 0.2) is 0 Å². The SMILES string of the molecule is Cc1cc(N)c(N2CCCCC2=O)cc1C. The summed E-state index contributed by atoms with van der Waals surface area (Å²) in [4.78, 5) is 13.6. The molecule has 1 aromatic carbocycles. The molecule has 3 heteroatoms. The number of hydrogen-bond acceptors (Lipinski definition) is 2. The van der Waals surface area contributed by atoms with Gasteiger partial charge in [0.1, 0.15) is 0 Å². The minimum absolute atomic E-state index is 0.196. The molecule has 1 aliphatic rings. The summed E-state index contributed by atoms with van der Waals surface area (Å²) in [7, 11) is 0. The van der Waals surface area contributed by atoms with Gasteiger partial charge >= 0.3 is 0 Å². The molecule has 0 unspecified atom stereocenters. The van der Waals surface area contributed by atoms with E-state index in [0.717, 1.165) is 25.1 Å². The van der Waals surface area contributed by atoms with Crippen LogP contribution in [-0.4, -0.2) is 12.5 Å². The second-order valence-electron chi connectivity index (χ2n) is 4.50. The zero-order valence-electron chi connectivity index (χ0n) is 9.92. The fourth-order valence-corrected chi connectivity index (χ4v) is 2.12. The highest BCUT2D eigenvalue weighted by molar-refractivity contribution is 5.97. The van der Waals surface area contributed by atoms with Crippen molar-refractivity contribution >= 4 is 17.3 Å². The van der Waals surface area contributed by atoms with Gasteiger partial charge in [0, 0.05) is 13.0 Å². The highest BCUT2D eigenvalue weighted by Gasteiger charge is 2.21. The maximum absolute atomic E-state index is 11.8. The van der Waals surface area contributed by atoms with Crippen LogP contribution in [0.25, 0.3) is 0 Å². The van der Waals surface area contributed by atoms with Crippen molar-refractivity contribution in [2.24, 2.45) is 0 Å². The van der Waals surface area contributed by atoms with Gasteiger partial charge in [-0.3, -0.25) is 4.79 Å². The summed E-state index contributed by atoms with van der Waals surface area (Å²) in [5, 5.41) is 0. The molecule has 2 rings (SSSR count). The minimum atomic E-state index is 0.196. The number of benzene rings is 1. The van der Waals surface area contributed by atoms with E-state index in [0.29, 0.717) is 12.1 Å². The first kappa shape index (κ1) is 11.0. The third kappa shape index (κ3) is 1.90. The summed E-state index contributed by atoms with van der Waals surface area (Å²) in [6, 6.07) is 3.97. The monoisotopic (exact) mass is 218 g/mol. The molecule has 0 aliphatic carbocycles. The van der Waals surface area contributed by atoms with Gasteiger partial charge in [-0.15, -0.1) is 0 Å². The standard InChI is InChI=1S/C13H18N2O/c1-9-7-11(14)12(8-10(9)2)15-6-4-3-5-13(15)16/h7-8H,3-6,14H2,1-2H3. The van der Waals surface area contributed by atoms with E-state index < -0.39 is 0 Å². The predicted molar refractivity (Wildman–Crippen MR) is 66.5 cm³/mol. The third-order valence-corrected chi connectivity index (χ3v) is 3.26. The van der Waals surface area contributed by atoms with Crippen LogP contribution in [0.3, 0.4) is 0 Å². The van der Waals surface area contributed by atoms with Crippen LogP contribution >= 0.6 is 0 Å². The Balaban J connectivity index is 2.39. The van der Waals surface area contributed by atoms with E-state index in [2.05, 4.69) is 0 Å². The van der Waals surface area contributed by atoms with Gasteiger partial charge in [0.25, 0.3) is 0 Å². The number of nitrogens with two attached hydrogens (primary N) is 1. The normalized spacial score (nSPS) is 16.6. The Morgan fingerprint density at radius 2 is 1.88 bits per heavy atom. The lowest BCUT2D eigenvalue weighted by Crippen LogP contribution is -2.35. The second kappa shape index (κ2) is 4.16. The lowest BCUT2D eigenvalue weighted by molar-refractivity contribution is -0.119. The average Bonchev–Trinajstić information content (AvgIpc) is 2.25. The summed E-state index contributed by atoms with van der Waals surface area (Å²) < 4.78 is 0. The summed E-state index contributed by atoms with van der Waals surface area (Å²) in [5.41, 5.74) is 9.93.